The molecule has 0 N–H and O–H groups in total. The van der Waals surface area contributed by atoms with Gasteiger partial charge in [-0.1, -0.05) is 41.7 Å². The van der Waals surface area contributed by atoms with Gasteiger partial charge in [0.25, 0.3) is 0 Å². The summed E-state index contributed by atoms with van der Waals surface area (Å²) >= 11 is 16.7. The van der Waals surface area contributed by atoms with Crippen molar-refractivity contribution in [1.29, 1.82) is 0 Å². The third-order valence-electron chi connectivity index (χ3n) is 1.52. The Labute approximate surface area is 90.4 Å². The average molecular weight is 242 g/mol. The summed E-state index contributed by atoms with van der Waals surface area (Å²) in [6, 6.07) is 2.94. The average Bonchev–Trinajstić information content (AvgIpc) is 2.01. The molecule has 1 rings (SSSR count). The van der Waals surface area contributed by atoms with E-state index < -0.39 is 9.42 Å². The minimum atomic E-state index is -1.68. The Kier molecular flexibility index (Phi) is 3.28. The Morgan fingerprint density at radius 2 is 2.00 bits per heavy atom. The molecule has 0 atom stereocenters. The largest absolute Gasteiger partial charge is 0.423 e. The van der Waals surface area contributed by atoms with Crippen LogP contribution in [0.3, 0.4) is 0 Å². The van der Waals surface area contributed by atoms with E-state index in [1.165, 1.54) is 6.07 Å². The molecule has 1 aromatic heterocycles. The summed E-state index contributed by atoms with van der Waals surface area (Å²) in [7, 11) is 0. The van der Waals surface area contributed by atoms with E-state index in [2.05, 4.69) is 0 Å². The molecule has 0 fully saturated rings. The van der Waals surface area contributed by atoms with Crippen molar-refractivity contribution in [3.05, 3.63) is 33.9 Å². The zero-order chi connectivity index (χ0) is 10.1. The molecule has 0 radical (unpaired) electrons. The zero-order valence-corrected chi connectivity index (χ0v) is 9.08. The molecular weight excluding hydrogens is 234 g/mol. The van der Waals surface area contributed by atoms with Crippen LogP contribution in [0.15, 0.2) is 21.3 Å². The fraction of sp³-hybridized carbons (Fsp3) is 0.375. The van der Waals surface area contributed by atoms with Crippen molar-refractivity contribution in [1.82, 2.24) is 0 Å². The maximum Gasteiger partial charge on any atom is 0.336 e. The SMILES string of the molecule is CCc1cc(C(Cl)(Cl)Cl)oc(=O)c1. The van der Waals surface area contributed by atoms with Gasteiger partial charge in [0, 0.05) is 6.07 Å². The van der Waals surface area contributed by atoms with Crippen LogP contribution in [0.25, 0.3) is 0 Å². The summed E-state index contributed by atoms with van der Waals surface area (Å²) in [5.74, 6) is 0.0573. The summed E-state index contributed by atoms with van der Waals surface area (Å²) in [4.78, 5) is 11.0. The molecule has 0 saturated carbocycles. The highest BCUT2D eigenvalue weighted by molar-refractivity contribution is 6.66. The Morgan fingerprint density at radius 1 is 1.38 bits per heavy atom. The molecule has 13 heavy (non-hydrogen) atoms. The molecule has 1 heterocycles. The predicted octanol–water partition coefficient (Wildman–Crippen LogP) is 3.03. The number of hydrogen-bond donors (Lipinski definition) is 0. The fourth-order valence-electron chi connectivity index (χ4n) is 0.873. The lowest BCUT2D eigenvalue weighted by Crippen LogP contribution is -2.08. The molecule has 72 valence electrons. The number of hydrogen-bond acceptors (Lipinski definition) is 2. The van der Waals surface area contributed by atoms with Gasteiger partial charge in [0.1, 0.15) is 0 Å². The van der Waals surface area contributed by atoms with Crippen molar-refractivity contribution >= 4 is 34.8 Å². The van der Waals surface area contributed by atoms with Crippen LogP contribution >= 0.6 is 34.8 Å². The van der Waals surface area contributed by atoms with E-state index in [-0.39, 0.29) is 5.76 Å². The normalized spacial score (nSPS) is 11.7. The molecule has 0 aromatic carbocycles. The molecule has 0 unspecified atom stereocenters. The number of rotatable bonds is 1. The summed E-state index contributed by atoms with van der Waals surface area (Å²) in [5, 5.41) is 0. The Bertz CT molecular complexity index is 351. The van der Waals surface area contributed by atoms with Gasteiger partial charge in [0.15, 0.2) is 5.76 Å². The van der Waals surface area contributed by atoms with Crippen molar-refractivity contribution in [2.24, 2.45) is 0 Å². The van der Waals surface area contributed by atoms with Gasteiger partial charge in [-0.05, 0) is 18.1 Å². The Morgan fingerprint density at radius 3 is 2.46 bits per heavy atom. The van der Waals surface area contributed by atoms with Crippen LogP contribution in [0, 0.1) is 0 Å². The molecule has 0 amide bonds. The van der Waals surface area contributed by atoms with Crippen molar-refractivity contribution < 1.29 is 4.42 Å². The van der Waals surface area contributed by atoms with E-state index in [0.29, 0.717) is 6.42 Å². The predicted molar refractivity (Wildman–Crippen MR) is 53.6 cm³/mol. The van der Waals surface area contributed by atoms with Crippen LogP contribution in [0.4, 0.5) is 0 Å². The van der Waals surface area contributed by atoms with Gasteiger partial charge in [0.2, 0.25) is 3.79 Å². The maximum absolute atomic E-state index is 11.0. The molecule has 0 aliphatic rings. The Hall–Kier alpha value is -0.180. The van der Waals surface area contributed by atoms with Gasteiger partial charge in [-0.2, -0.15) is 0 Å². The third-order valence-corrected chi connectivity index (χ3v) is 2.08. The number of aryl methyl sites for hydroxylation is 1. The van der Waals surface area contributed by atoms with Crippen LogP contribution in [0.2, 0.25) is 0 Å². The first-order chi connectivity index (χ1) is 5.93. The van der Waals surface area contributed by atoms with Gasteiger partial charge in [-0.3, -0.25) is 0 Å². The first-order valence-corrected chi connectivity index (χ1v) is 4.78. The summed E-state index contributed by atoms with van der Waals surface area (Å²) < 4.78 is 3.06. The second kappa shape index (κ2) is 3.91. The highest BCUT2D eigenvalue weighted by atomic mass is 35.6. The molecule has 2 nitrogen and oxygen atoms in total. The van der Waals surface area contributed by atoms with Crippen molar-refractivity contribution in [3.8, 4) is 0 Å². The smallest absolute Gasteiger partial charge is 0.336 e. The van der Waals surface area contributed by atoms with Crippen molar-refractivity contribution in [3.63, 3.8) is 0 Å². The van der Waals surface area contributed by atoms with Crippen LogP contribution in [0.5, 0.6) is 0 Å². The van der Waals surface area contributed by atoms with E-state index in [9.17, 15) is 4.79 Å². The van der Waals surface area contributed by atoms with E-state index >= 15 is 0 Å². The van der Waals surface area contributed by atoms with Crippen LogP contribution in [-0.2, 0) is 10.2 Å². The second-order valence-electron chi connectivity index (χ2n) is 2.50. The summed E-state index contributed by atoms with van der Waals surface area (Å²) in [5.41, 5.74) is 0.290. The molecule has 1 aromatic rings. The number of alkyl halides is 3. The minimum Gasteiger partial charge on any atom is -0.423 e. The molecule has 0 aliphatic carbocycles. The minimum absolute atomic E-state index is 0.0573. The van der Waals surface area contributed by atoms with E-state index in [1.54, 1.807) is 6.07 Å². The fourth-order valence-corrected chi connectivity index (χ4v) is 1.15. The monoisotopic (exact) mass is 240 g/mol. The van der Waals surface area contributed by atoms with Crippen molar-refractivity contribution in [2.75, 3.05) is 0 Å². The molecular formula is C8H7Cl3O2. The highest BCUT2D eigenvalue weighted by Crippen LogP contribution is 2.37. The first-order valence-electron chi connectivity index (χ1n) is 3.64. The van der Waals surface area contributed by atoms with Crippen LogP contribution in [0.1, 0.15) is 18.2 Å². The Balaban J connectivity index is 3.24. The third kappa shape index (κ3) is 2.90. The highest BCUT2D eigenvalue weighted by Gasteiger charge is 2.26. The van der Waals surface area contributed by atoms with Crippen LogP contribution in [-0.4, -0.2) is 0 Å². The van der Waals surface area contributed by atoms with E-state index in [0.717, 1.165) is 5.56 Å². The molecule has 5 heteroatoms. The first kappa shape index (κ1) is 10.9. The van der Waals surface area contributed by atoms with E-state index in [4.69, 9.17) is 39.2 Å². The quantitative estimate of drug-likeness (QED) is 0.708. The van der Waals surface area contributed by atoms with Gasteiger partial charge in [0.05, 0.1) is 0 Å². The molecule has 0 spiro atoms. The van der Waals surface area contributed by atoms with Gasteiger partial charge < -0.3 is 4.42 Å². The molecule has 0 saturated heterocycles. The summed E-state index contributed by atoms with van der Waals surface area (Å²) in [6.07, 6.45) is 0.694. The zero-order valence-electron chi connectivity index (χ0n) is 6.81. The second-order valence-corrected chi connectivity index (χ2v) is 4.78. The lowest BCUT2D eigenvalue weighted by Gasteiger charge is -2.09. The standard InChI is InChI=1S/C8H7Cl3O2/c1-2-5-3-6(8(9,10)11)13-7(12)4-5/h3-4H,2H2,1H3. The van der Waals surface area contributed by atoms with E-state index in [1.807, 2.05) is 6.92 Å². The van der Waals surface area contributed by atoms with Gasteiger partial charge in [-0.15, -0.1) is 0 Å². The van der Waals surface area contributed by atoms with Crippen LogP contribution < -0.4 is 5.63 Å². The summed E-state index contributed by atoms with van der Waals surface area (Å²) in [6.45, 7) is 1.90. The van der Waals surface area contributed by atoms with Crippen molar-refractivity contribution in [2.45, 2.75) is 17.1 Å². The van der Waals surface area contributed by atoms with Gasteiger partial charge >= 0.3 is 5.63 Å². The lowest BCUT2D eigenvalue weighted by molar-refractivity contribution is 0.463. The molecule has 0 aliphatic heterocycles. The van der Waals surface area contributed by atoms with Gasteiger partial charge in [-0.25, -0.2) is 4.79 Å². The number of halogens is 3. The lowest BCUT2D eigenvalue weighted by atomic mass is 10.2. The maximum atomic E-state index is 11.0. The topological polar surface area (TPSA) is 30.2 Å². The molecule has 0 bridgehead atoms.